The summed E-state index contributed by atoms with van der Waals surface area (Å²) in [5.74, 6) is 1.22. The topological polar surface area (TPSA) is 70.2 Å². The van der Waals surface area contributed by atoms with Crippen molar-refractivity contribution in [2.45, 2.75) is 25.8 Å². The van der Waals surface area contributed by atoms with Crippen LogP contribution in [0.2, 0.25) is 0 Å². The molecule has 0 atom stereocenters. The van der Waals surface area contributed by atoms with Crippen LogP contribution in [0.15, 0.2) is 53.6 Å². The molecule has 0 aliphatic rings. The molecule has 3 rings (SSSR count). The van der Waals surface area contributed by atoms with Crippen LogP contribution in [-0.2, 0) is 6.54 Å². The fraction of sp³-hybridized carbons (Fsp3) is 0.278. The average molecular weight is 325 g/mol. The number of benzene rings is 1. The summed E-state index contributed by atoms with van der Waals surface area (Å²) in [5.41, 5.74) is 1.14. The molecule has 0 spiro atoms. The molecular formula is C18H19N3O3. The molecule has 0 radical (unpaired) electrons. The first-order valence-electron chi connectivity index (χ1n) is 7.87. The zero-order chi connectivity index (χ0) is 16.8. The molecule has 0 saturated heterocycles. The van der Waals surface area contributed by atoms with Crippen molar-refractivity contribution in [1.29, 1.82) is 0 Å². The summed E-state index contributed by atoms with van der Waals surface area (Å²) in [5, 5.41) is 3.90. The lowest BCUT2D eigenvalue weighted by Crippen LogP contribution is -2.01. The second kappa shape index (κ2) is 7.59. The SMILES string of the molecule is COc1ccccc1-c1cc(C(=O)CCCCn2ccnc2)no1. The molecule has 0 bridgehead atoms. The molecule has 0 fully saturated rings. The molecule has 0 unspecified atom stereocenters. The van der Waals surface area contributed by atoms with E-state index in [2.05, 4.69) is 10.1 Å². The smallest absolute Gasteiger partial charge is 0.184 e. The molecule has 0 saturated carbocycles. The predicted molar refractivity (Wildman–Crippen MR) is 88.9 cm³/mol. The number of Topliss-reactive ketones (excluding diaryl/α,β-unsaturated/α-hetero) is 1. The number of nitrogens with zero attached hydrogens (tertiary/aromatic N) is 3. The number of hydrogen-bond acceptors (Lipinski definition) is 5. The minimum Gasteiger partial charge on any atom is -0.496 e. The van der Waals surface area contributed by atoms with Crippen LogP contribution in [-0.4, -0.2) is 27.6 Å². The van der Waals surface area contributed by atoms with Gasteiger partial charge in [-0.25, -0.2) is 4.98 Å². The first-order valence-corrected chi connectivity index (χ1v) is 7.87. The maximum atomic E-state index is 12.2. The highest BCUT2D eigenvalue weighted by Gasteiger charge is 2.15. The van der Waals surface area contributed by atoms with Gasteiger partial charge in [0, 0.05) is 31.4 Å². The zero-order valence-electron chi connectivity index (χ0n) is 13.5. The molecule has 0 aliphatic heterocycles. The van der Waals surface area contributed by atoms with Gasteiger partial charge in [0.1, 0.15) is 11.4 Å². The number of methoxy groups -OCH3 is 1. The number of para-hydroxylation sites is 1. The normalized spacial score (nSPS) is 10.7. The molecule has 2 heterocycles. The van der Waals surface area contributed by atoms with Crippen LogP contribution < -0.4 is 4.74 Å². The van der Waals surface area contributed by atoms with Gasteiger partial charge in [-0.1, -0.05) is 17.3 Å². The van der Waals surface area contributed by atoms with Crippen molar-refractivity contribution in [3.63, 3.8) is 0 Å². The quantitative estimate of drug-likeness (QED) is 0.467. The minimum absolute atomic E-state index is 0.00877. The minimum atomic E-state index is -0.00877. The van der Waals surface area contributed by atoms with Crippen LogP contribution >= 0.6 is 0 Å². The number of carbonyl (C=O) groups excluding carboxylic acids is 1. The van der Waals surface area contributed by atoms with E-state index >= 15 is 0 Å². The lowest BCUT2D eigenvalue weighted by atomic mass is 10.1. The predicted octanol–water partition coefficient (Wildman–Crippen LogP) is 3.60. The van der Waals surface area contributed by atoms with Crippen molar-refractivity contribution in [3.8, 4) is 17.1 Å². The van der Waals surface area contributed by atoms with Gasteiger partial charge < -0.3 is 13.8 Å². The van der Waals surface area contributed by atoms with Gasteiger partial charge >= 0.3 is 0 Å². The number of aryl methyl sites for hydroxylation is 1. The third-order valence-electron chi connectivity index (χ3n) is 3.80. The summed E-state index contributed by atoms with van der Waals surface area (Å²) in [6.07, 6.45) is 7.61. The molecule has 0 amide bonds. The maximum absolute atomic E-state index is 12.2. The van der Waals surface area contributed by atoms with Crippen LogP contribution in [0.1, 0.15) is 29.8 Å². The first-order chi connectivity index (χ1) is 11.8. The van der Waals surface area contributed by atoms with Gasteiger partial charge in [0.15, 0.2) is 11.5 Å². The highest BCUT2D eigenvalue weighted by Crippen LogP contribution is 2.30. The number of hydrogen-bond donors (Lipinski definition) is 0. The standard InChI is InChI=1S/C18H19N3O3/c1-23-17-8-3-2-6-14(17)18-12-15(20-24-18)16(22)7-4-5-10-21-11-9-19-13-21/h2-3,6,8-9,11-13H,4-5,7,10H2,1H3. The Morgan fingerprint density at radius 2 is 2.17 bits per heavy atom. The molecule has 6 nitrogen and oxygen atoms in total. The van der Waals surface area contributed by atoms with E-state index in [1.54, 1.807) is 25.7 Å². The Kier molecular flexibility index (Phi) is 5.05. The van der Waals surface area contributed by atoms with E-state index in [-0.39, 0.29) is 5.78 Å². The van der Waals surface area contributed by atoms with Crippen LogP contribution in [0.25, 0.3) is 11.3 Å². The lowest BCUT2D eigenvalue weighted by molar-refractivity contribution is 0.0970. The molecule has 1 aromatic carbocycles. The van der Waals surface area contributed by atoms with Crippen molar-refractivity contribution in [2.24, 2.45) is 0 Å². The highest BCUT2D eigenvalue weighted by atomic mass is 16.5. The highest BCUT2D eigenvalue weighted by molar-refractivity contribution is 5.95. The van der Waals surface area contributed by atoms with Crippen molar-refractivity contribution in [2.75, 3.05) is 7.11 Å². The molecule has 2 aromatic heterocycles. The number of ether oxygens (including phenoxy) is 1. The van der Waals surface area contributed by atoms with Gasteiger partial charge in [0.25, 0.3) is 0 Å². The Morgan fingerprint density at radius 1 is 1.29 bits per heavy atom. The summed E-state index contributed by atoms with van der Waals surface area (Å²) >= 11 is 0. The fourth-order valence-corrected chi connectivity index (χ4v) is 2.51. The number of carbonyl (C=O) groups is 1. The number of rotatable bonds is 8. The molecule has 124 valence electrons. The van der Waals surface area contributed by atoms with Crippen LogP contribution in [0.4, 0.5) is 0 Å². The van der Waals surface area contributed by atoms with E-state index in [4.69, 9.17) is 9.26 Å². The van der Waals surface area contributed by atoms with E-state index < -0.39 is 0 Å². The Morgan fingerprint density at radius 3 is 2.96 bits per heavy atom. The van der Waals surface area contributed by atoms with Crippen molar-refractivity contribution < 1.29 is 14.1 Å². The summed E-state index contributed by atoms with van der Waals surface area (Å²) in [7, 11) is 1.60. The summed E-state index contributed by atoms with van der Waals surface area (Å²) in [6.45, 7) is 0.860. The number of unbranched alkanes of at least 4 members (excludes halogenated alkanes) is 1. The largest absolute Gasteiger partial charge is 0.496 e. The number of ketones is 1. The summed E-state index contributed by atoms with van der Waals surface area (Å²) < 4.78 is 12.6. The van der Waals surface area contributed by atoms with Gasteiger partial charge in [-0.2, -0.15) is 0 Å². The second-order valence-corrected chi connectivity index (χ2v) is 5.46. The van der Waals surface area contributed by atoms with Gasteiger partial charge in [-0.15, -0.1) is 0 Å². The van der Waals surface area contributed by atoms with Crippen LogP contribution in [0, 0.1) is 0 Å². The van der Waals surface area contributed by atoms with E-state index in [9.17, 15) is 4.79 Å². The van der Waals surface area contributed by atoms with Crippen LogP contribution in [0.3, 0.4) is 0 Å². The molecule has 24 heavy (non-hydrogen) atoms. The van der Waals surface area contributed by atoms with Crippen LogP contribution in [0.5, 0.6) is 5.75 Å². The summed E-state index contributed by atoms with van der Waals surface area (Å²) in [4.78, 5) is 16.2. The Hall–Kier alpha value is -2.89. The monoisotopic (exact) mass is 325 g/mol. The lowest BCUT2D eigenvalue weighted by Gasteiger charge is -2.03. The van der Waals surface area contributed by atoms with Gasteiger partial charge in [0.05, 0.1) is 19.0 Å². The van der Waals surface area contributed by atoms with Crippen molar-refractivity contribution in [1.82, 2.24) is 14.7 Å². The Labute approximate surface area is 140 Å². The van der Waals surface area contributed by atoms with E-state index in [0.717, 1.165) is 24.9 Å². The van der Waals surface area contributed by atoms with E-state index in [1.807, 2.05) is 35.0 Å². The van der Waals surface area contributed by atoms with Gasteiger partial charge in [0.2, 0.25) is 0 Å². The molecule has 0 aliphatic carbocycles. The fourth-order valence-electron chi connectivity index (χ4n) is 2.51. The van der Waals surface area contributed by atoms with Gasteiger partial charge in [-0.05, 0) is 25.0 Å². The first kappa shape index (κ1) is 16.0. The molecular weight excluding hydrogens is 306 g/mol. The maximum Gasteiger partial charge on any atom is 0.184 e. The third kappa shape index (κ3) is 3.71. The third-order valence-corrected chi connectivity index (χ3v) is 3.80. The Bertz CT molecular complexity index is 793. The van der Waals surface area contributed by atoms with E-state index in [1.165, 1.54) is 0 Å². The second-order valence-electron chi connectivity index (χ2n) is 5.46. The Balaban J connectivity index is 1.57. The zero-order valence-corrected chi connectivity index (χ0v) is 13.5. The number of imidazole rings is 1. The van der Waals surface area contributed by atoms with Gasteiger partial charge in [-0.3, -0.25) is 4.79 Å². The summed E-state index contributed by atoms with van der Waals surface area (Å²) in [6, 6.07) is 9.16. The molecule has 3 aromatic rings. The average Bonchev–Trinajstić information content (AvgIpc) is 3.30. The van der Waals surface area contributed by atoms with E-state index in [0.29, 0.717) is 23.6 Å². The number of aromatic nitrogens is 3. The van der Waals surface area contributed by atoms with Crippen molar-refractivity contribution >= 4 is 5.78 Å². The van der Waals surface area contributed by atoms with Crippen molar-refractivity contribution in [3.05, 3.63) is 54.7 Å². The molecule has 6 heteroatoms. The molecule has 0 N–H and O–H groups in total.